The van der Waals surface area contributed by atoms with E-state index in [9.17, 15) is 10.1 Å². The van der Waals surface area contributed by atoms with Gasteiger partial charge in [-0.15, -0.1) is 0 Å². The number of benzene rings is 1. The summed E-state index contributed by atoms with van der Waals surface area (Å²) in [4.78, 5) is 13.6. The summed E-state index contributed by atoms with van der Waals surface area (Å²) in [6, 6.07) is 7.07. The summed E-state index contributed by atoms with van der Waals surface area (Å²) in [6.45, 7) is 5.26. The highest BCUT2D eigenvalue weighted by Crippen LogP contribution is 2.16. The molecule has 5 heteroatoms. The van der Waals surface area contributed by atoms with E-state index >= 15 is 0 Å². The van der Waals surface area contributed by atoms with E-state index in [1.165, 1.54) is 4.90 Å². The minimum atomic E-state index is -0.282. The molecule has 1 heterocycles. The fraction of sp³-hybridized carbons (Fsp3) is 0.500. The van der Waals surface area contributed by atoms with Gasteiger partial charge >= 0.3 is 0 Å². The van der Waals surface area contributed by atoms with Gasteiger partial charge in [0.2, 0.25) is 0 Å². The molecule has 0 atom stereocenters. The normalized spacial score (nSPS) is 24.5. The zero-order valence-corrected chi connectivity index (χ0v) is 10.1. The first-order valence-corrected chi connectivity index (χ1v) is 6.04. The third-order valence-corrected chi connectivity index (χ3v) is 3.44. The van der Waals surface area contributed by atoms with Crippen LogP contribution in [0.25, 0.3) is 0 Å². The van der Waals surface area contributed by atoms with Crippen molar-refractivity contribution < 1.29 is 14.7 Å². The molecule has 0 bridgehead atoms. The van der Waals surface area contributed by atoms with Crippen LogP contribution in [0.2, 0.25) is 0 Å². The molecule has 5 nitrogen and oxygen atoms in total. The highest BCUT2D eigenvalue weighted by Gasteiger charge is 2.23. The van der Waals surface area contributed by atoms with Gasteiger partial charge in [-0.1, -0.05) is 12.1 Å². The summed E-state index contributed by atoms with van der Waals surface area (Å²) >= 11 is 0. The second kappa shape index (κ2) is 5.25. The smallest absolute Gasteiger partial charge is 0.278 e. The summed E-state index contributed by atoms with van der Waals surface area (Å²) in [5.74, 6) is 0. The van der Waals surface area contributed by atoms with Gasteiger partial charge in [-0.05, 0) is 6.07 Å². The monoisotopic (exact) mass is 237 g/mol. The van der Waals surface area contributed by atoms with Crippen LogP contribution in [-0.2, 0) is 6.54 Å². The van der Waals surface area contributed by atoms with Crippen molar-refractivity contribution in [2.24, 2.45) is 0 Å². The fourth-order valence-electron chi connectivity index (χ4n) is 2.31. The molecule has 1 aliphatic heterocycles. The predicted octanol–water partition coefficient (Wildman–Crippen LogP) is -1.49. The summed E-state index contributed by atoms with van der Waals surface area (Å²) in [6.07, 6.45) is 0. The maximum Gasteiger partial charge on any atom is 0.278 e. The molecule has 2 rings (SSSR count). The van der Waals surface area contributed by atoms with Gasteiger partial charge in [0.25, 0.3) is 5.69 Å². The Hall–Kier alpha value is -1.46. The van der Waals surface area contributed by atoms with Crippen molar-refractivity contribution in [3.05, 3.63) is 39.9 Å². The fourth-order valence-corrected chi connectivity index (χ4v) is 2.31. The third-order valence-electron chi connectivity index (χ3n) is 3.44. The second-order valence-corrected chi connectivity index (χ2v) is 4.77. The van der Waals surface area contributed by atoms with Gasteiger partial charge in [-0.2, -0.15) is 0 Å². The Kier molecular flexibility index (Phi) is 3.71. The number of nitrogens with one attached hydrogen (secondary N) is 2. The number of nitro benzene ring substituents is 1. The van der Waals surface area contributed by atoms with Crippen LogP contribution in [0.5, 0.6) is 0 Å². The molecule has 0 spiro atoms. The summed E-state index contributed by atoms with van der Waals surface area (Å²) < 4.78 is 0. The summed E-state index contributed by atoms with van der Waals surface area (Å²) in [5.41, 5.74) is 1.11. The summed E-state index contributed by atoms with van der Waals surface area (Å²) in [5, 5.41) is 10.9. The molecule has 0 amide bonds. The lowest BCUT2D eigenvalue weighted by Crippen LogP contribution is -3.26. The second-order valence-electron chi connectivity index (χ2n) is 4.77. The van der Waals surface area contributed by atoms with Gasteiger partial charge in [-0.3, -0.25) is 10.1 Å². The van der Waals surface area contributed by atoms with Gasteiger partial charge in [-0.25, -0.2) is 0 Å². The van der Waals surface area contributed by atoms with E-state index in [0.29, 0.717) is 0 Å². The predicted molar refractivity (Wildman–Crippen MR) is 64.1 cm³/mol. The number of rotatable bonds is 3. The van der Waals surface area contributed by atoms with E-state index in [-0.39, 0.29) is 10.6 Å². The lowest BCUT2D eigenvalue weighted by molar-refractivity contribution is -1.01. The SMILES string of the molecule is C[NH+]1CC[NH+](Cc2ccccc2[N+](=O)[O-])CC1. The van der Waals surface area contributed by atoms with E-state index in [1.807, 2.05) is 12.1 Å². The summed E-state index contributed by atoms with van der Waals surface area (Å²) in [7, 11) is 2.20. The minimum Gasteiger partial charge on any atom is -0.328 e. The first kappa shape index (κ1) is 12.0. The maximum atomic E-state index is 10.9. The van der Waals surface area contributed by atoms with E-state index < -0.39 is 0 Å². The first-order valence-electron chi connectivity index (χ1n) is 6.04. The Morgan fingerprint density at radius 2 is 1.88 bits per heavy atom. The van der Waals surface area contributed by atoms with Crippen LogP contribution in [0, 0.1) is 10.1 Å². The highest BCUT2D eigenvalue weighted by atomic mass is 16.6. The average molecular weight is 237 g/mol. The Labute approximate surface area is 101 Å². The van der Waals surface area contributed by atoms with Crippen LogP contribution in [0.15, 0.2) is 24.3 Å². The van der Waals surface area contributed by atoms with Crippen LogP contribution in [-0.4, -0.2) is 38.2 Å². The van der Waals surface area contributed by atoms with E-state index in [2.05, 4.69) is 7.05 Å². The molecule has 17 heavy (non-hydrogen) atoms. The number of nitrogens with zero attached hydrogens (tertiary/aromatic N) is 1. The average Bonchev–Trinajstić information content (AvgIpc) is 2.32. The molecule has 2 N–H and O–H groups in total. The number of nitro groups is 1. The van der Waals surface area contributed by atoms with Crippen molar-refractivity contribution in [3.63, 3.8) is 0 Å². The molecular formula is C12H19N3O2+2. The van der Waals surface area contributed by atoms with Gasteiger partial charge in [0.1, 0.15) is 32.7 Å². The van der Waals surface area contributed by atoms with E-state index in [4.69, 9.17) is 0 Å². The van der Waals surface area contributed by atoms with Gasteiger partial charge in [0, 0.05) is 6.07 Å². The molecule has 1 aliphatic rings. The Balaban J connectivity index is 2.05. The largest absolute Gasteiger partial charge is 0.328 e. The van der Waals surface area contributed by atoms with Crippen molar-refractivity contribution in [1.29, 1.82) is 0 Å². The lowest BCUT2D eigenvalue weighted by Gasteiger charge is -2.27. The highest BCUT2D eigenvalue weighted by molar-refractivity contribution is 5.38. The Bertz CT molecular complexity index is 400. The van der Waals surface area contributed by atoms with Crippen molar-refractivity contribution in [2.75, 3.05) is 33.2 Å². The molecule has 0 saturated carbocycles. The van der Waals surface area contributed by atoms with Gasteiger partial charge < -0.3 is 9.80 Å². The Morgan fingerprint density at radius 3 is 2.53 bits per heavy atom. The molecule has 1 saturated heterocycles. The number of hydrogen-bond acceptors (Lipinski definition) is 2. The van der Waals surface area contributed by atoms with Crippen LogP contribution in [0.1, 0.15) is 5.56 Å². The van der Waals surface area contributed by atoms with Crippen LogP contribution in [0.3, 0.4) is 0 Å². The number of likely N-dealkylation sites (N-methyl/N-ethyl adjacent to an activating group) is 1. The van der Waals surface area contributed by atoms with Crippen LogP contribution >= 0.6 is 0 Å². The number of piperazine rings is 1. The Morgan fingerprint density at radius 1 is 1.24 bits per heavy atom. The number of para-hydroxylation sites is 1. The number of quaternary nitrogens is 2. The number of hydrogen-bond donors (Lipinski definition) is 2. The van der Waals surface area contributed by atoms with Crippen LogP contribution < -0.4 is 9.80 Å². The maximum absolute atomic E-state index is 10.9. The third kappa shape index (κ3) is 3.01. The molecule has 1 fully saturated rings. The standard InChI is InChI=1S/C12H17N3O2/c1-13-6-8-14(9-7-13)10-11-4-2-3-5-12(11)15(16)17/h2-5H,6-10H2,1H3/p+2. The van der Waals surface area contributed by atoms with Crippen molar-refractivity contribution in [3.8, 4) is 0 Å². The van der Waals surface area contributed by atoms with Gasteiger partial charge in [0.15, 0.2) is 0 Å². The lowest BCUT2D eigenvalue weighted by atomic mass is 10.1. The molecule has 0 aromatic heterocycles. The van der Waals surface area contributed by atoms with Crippen molar-refractivity contribution >= 4 is 5.69 Å². The van der Waals surface area contributed by atoms with Crippen LogP contribution in [0.4, 0.5) is 5.69 Å². The zero-order valence-electron chi connectivity index (χ0n) is 10.1. The van der Waals surface area contributed by atoms with Gasteiger partial charge in [0.05, 0.1) is 17.5 Å². The molecule has 92 valence electrons. The molecule has 0 aliphatic carbocycles. The topological polar surface area (TPSA) is 52.0 Å². The van der Waals surface area contributed by atoms with E-state index in [1.54, 1.807) is 17.0 Å². The van der Waals surface area contributed by atoms with Crippen molar-refractivity contribution in [2.45, 2.75) is 6.54 Å². The molecule has 0 radical (unpaired) electrons. The zero-order chi connectivity index (χ0) is 12.3. The molecule has 1 aromatic rings. The molecule has 0 unspecified atom stereocenters. The van der Waals surface area contributed by atoms with E-state index in [0.717, 1.165) is 38.3 Å². The first-order chi connectivity index (χ1) is 8.16. The quantitative estimate of drug-likeness (QED) is 0.497. The van der Waals surface area contributed by atoms with Crippen molar-refractivity contribution in [1.82, 2.24) is 0 Å². The molecular weight excluding hydrogens is 218 g/mol. The molecule has 1 aromatic carbocycles. The minimum absolute atomic E-state index is 0.256.